The Balaban J connectivity index is 1.56. The minimum atomic E-state index is -3.79. The van der Waals surface area contributed by atoms with Gasteiger partial charge in [0.1, 0.15) is 11.5 Å². The lowest BCUT2D eigenvalue weighted by Crippen LogP contribution is -2.46. The summed E-state index contributed by atoms with van der Waals surface area (Å²) in [4.78, 5) is 23.6. The first kappa shape index (κ1) is 23.9. The van der Waals surface area contributed by atoms with Crippen molar-refractivity contribution in [2.24, 2.45) is 5.14 Å². The molecule has 0 radical (unpaired) electrons. The number of anilines is 2. The number of rotatable bonds is 7. The number of fused-ring (bicyclic) bond motifs is 1. The van der Waals surface area contributed by atoms with Gasteiger partial charge in [-0.15, -0.1) is 0 Å². The Hall–Kier alpha value is -3.29. The molecule has 11 nitrogen and oxygen atoms in total. The van der Waals surface area contributed by atoms with Crippen LogP contribution in [0.4, 0.5) is 15.8 Å². The largest absolute Gasteiger partial charge is 0.472 e. The molecule has 4 rings (SSSR count). The summed E-state index contributed by atoms with van der Waals surface area (Å²) in [5, 5.41) is 7.81. The average Bonchev–Trinajstić information content (AvgIpc) is 3.22. The van der Waals surface area contributed by atoms with E-state index < -0.39 is 21.9 Å². The van der Waals surface area contributed by atoms with Crippen LogP contribution in [0.1, 0.15) is 37.2 Å². The first-order valence-corrected chi connectivity index (χ1v) is 12.3. The second-order valence-electron chi connectivity index (χ2n) is 8.30. The van der Waals surface area contributed by atoms with E-state index in [0.29, 0.717) is 37.3 Å². The monoisotopic (exact) mass is 491 g/mol. The van der Waals surface area contributed by atoms with E-state index in [4.69, 9.17) is 9.88 Å². The molecule has 3 heterocycles. The van der Waals surface area contributed by atoms with Crippen molar-refractivity contribution in [2.75, 3.05) is 23.3 Å². The van der Waals surface area contributed by atoms with Crippen LogP contribution in [0.3, 0.4) is 0 Å². The van der Waals surface area contributed by atoms with Crippen LogP contribution in [0, 0.1) is 5.82 Å². The van der Waals surface area contributed by atoms with Crippen LogP contribution in [-0.2, 0) is 10.2 Å². The summed E-state index contributed by atoms with van der Waals surface area (Å²) in [6, 6.07) is 3.85. The fourth-order valence-corrected chi connectivity index (χ4v) is 4.56. The number of halogens is 1. The standard InChI is InChI=1S/C21H26FN7O4S/c1-13(2)33-21-19-24-7-10-29(19)12-17(26-21)20(30)25-16-11-14(22)3-4-18(16)28-8-5-15(6-9-28)27-34(23,31)32/h3-4,7,10-13,15,27H,5-6,8-9H2,1-2H3,(H,25,30)(H2,23,31,32). The minimum absolute atomic E-state index is 0.0763. The van der Waals surface area contributed by atoms with Gasteiger partial charge in [-0.25, -0.2) is 19.5 Å². The summed E-state index contributed by atoms with van der Waals surface area (Å²) in [5.41, 5.74) is 1.45. The number of ether oxygens (including phenoxy) is 1. The van der Waals surface area contributed by atoms with Gasteiger partial charge in [0.15, 0.2) is 0 Å². The molecule has 4 N–H and O–H groups in total. The predicted octanol–water partition coefficient (Wildman–Crippen LogP) is 1.67. The van der Waals surface area contributed by atoms with Gasteiger partial charge < -0.3 is 19.4 Å². The number of benzene rings is 1. The number of amides is 1. The van der Waals surface area contributed by atoms with Gasteiger partial charge in [-0.3, -0.25) is 4.79 Å². The number of aromatic nitrogens is 3. The third-order valence-corrected chi connectivity index (χ3v) is 5.96. The van der Waals surface area contributed by atoms with Gasteiger partial charge in [0.2, 0.25) is 5.65 Å². The summed E-state index contributed by atoms with van der Waals surface area (Å²) < 4.78 is 46.4. The number of nitrogens with two attached hydrogens (primary N) is 1. The Bertz CT molecular complexity index is 1300. The molecule has 0 bridgehead atoms. The molecule has 182 valence electrons. The molecule has 1 fully saturated rings. The van der Waals surface area contributed by atoms with Crippen molar-refractivity contribution in [3.63, 3.8) is 0 Å². The molecule has 1 aliphatic heterocycles. The Morgan fingerprint density at radius 3 is 2.71 bits per heavy atom. The first-order chi connectivity index (χ1) is 16.1. The van der Waals surface area contributed by atoms with E-state index in [1.54, 1.807) is 22.9 Å². The second-order valence-corrected chi connectivity index (χ2v) is 9.62. The van der Waals surface area contributed by atoms with Crippen molar-refractivity contribution in [3.8, 4) is 5.88 Å². The molecule has 1 saturated heterocycles. The van der Waals surface area contributed by atoms with Gasteiger partial charge in [0, 0.05) is 37.7 Å². The lowest BCUT2D eigenvalue weighted by Gasteiger charge is -2.34. The number of hydrogen-bond acceptors (Lipinski definition) is 7. The maximum absolute atomic E-state index is 14.1. The molecule has 0 unspecified atom stereocenters. The minimum Gasteiger partial charge on any atom is -0.472 e. The first-order valence-electron chi connectivity index (χ1n) is 10.8. The molecule has 0 spiro atoms. The summed E-state index contributed by atoms with van der Waals surface area (Å²) in [5.74, 6) is -0.829. The van der Waals surface area contributed by atoms with Crippen LogP contribution in [0.25, 0.3) is 5.65 Å². The third kappa shape index (κ3) is 5.61. The van der Waals surface area contributed by atoms with Crippen molar-refractivity contribution in [3.05, 3.63) is 48.3 Å². The van der Waals surface area contributed by atoms with Crippen LogP contribution in [-0.4, -0.2) is 53.9 Å². The Kier molecular flexibility index (Phi) is 6.68. The lowest BCUT2D eigenvalue weighted by molar-refractivity contribution is 0.102. The Morgan fingerprint density at radius 2 is 2.03 bits per heavy atom. The Morgan fingerprint density at radius 1 is 1.29 bits per heavy atom. The molecule has 1 amide bonds. The van der Waals surface area contributed by atoms with Crippen LogP contribution in [0.5, 0.6) is 5.88 Å². The smallest absolute Gasteiger partial charge is 0.276 e. The van der Waals surface area contributed by atoms with Crippen LogP contribution in [0.15, 0.2) is 36.8 Å². The van der Waals surface area contributed by atoms with Crippen LogP contribution < -0.4 is 24.8 Å². The summed E-state index contributed by atoms with van der Waals surface area (Å²) in [6.07, 6.45) is 5.62. The molecule has 0 saturated carbocycles. The van der Waals surface area contributed by atoms with Crippen molar-refractivity contribution in [1.29, 1.82) is 0 Å². The number of imidazole rings is 1. The van der Waals surface area contributed by atoms with Crippen LogP contribution >= 0.6 is 0 Å². The molecule has 3 aromatic rings. The van der Waals surface area contributed by atoms with E-state index in [9.17, 15) is 17.6 Å². The molecule has 1 aromatic carbocycles. The highest BCUT2D eigenvalue weighted by molar-refractivity contribution is 7.87. The number of nitrogens with zero attached hydrogens (tertiary/aromatic N) is 4. The van der Waals surface area contributed by atoms with E-state index in [1.807, 2.05) is 18.7 Å². The molecular weight excluding hydrogens is 465 g/mol. The molecule has 0 atom stereocenters. The molecule has 2 aromatic heterocycles. The number of piperidine rings is 1. The predicted molar refractivity (Wildman–Crippen MR) is 125 cm³/mol. The number of nitrogens with one attached hydrogen (secondary N) is 2. The van der Waals surface area contributed by atoms with Crippen molar-refractivity contribution < 1.29 is 22.3 Å². The molecule has 13 heteroatoms. The average molecular weight is 492 g/mol. The number of carbonyl (C=O) groups excluding carboxylic acids is 1. The van der Waals surface area contributed by atoms with Gasteiger partial charge in [-0.05, 0) is 44.9 Å². The van der Waals surface area contributed by atoms with E-state index in [0.717, 1.165) is 0 Å². The van der Waals surface area contributed by atoms with E-state index in [2.05, 4.69) is 20.0 Å². The summed E-state index contributed by atoms with van der Waals surface area (Å²) in [7, 11) is -3.79. The zero-order chi connectivity index (χ0) is 24.5. The SMILES string of the molecule is CC(C)Oc1nc(C(=O)Nc2cc(F)ccc2N2CCC(NS(N)(=O)=O)CC2)cn2ccnc12. The lowest BCUT2D eigenvalue weighted by atomic mass is 10.0. The zero-order valence-electron chi connectivity index (χ0n) is 18.7. The molecule has 34 heavy (non-hydrogen) atoms. The highest BCUT2D eigenvalue weighted by Gasteiger charge is 2.24. The molecule has 1 aliphatic rings. The van der Waals surface area contributed by atoms with Crippen molar-refractivity contribution >= 4 is 33.1 Å². The Labute approximate surface area is 196 Å². The van der Waals surface area contributed by atoms with E-state index in [1.165, 1.54) is 18.3 Å². The maximum atomic E-state index is 14.1. The van der Waals surface area contributed by atoms with Crippen molar-refractivity contribution in [2.45, 2.75) is 38.8 Å². The maximum Gasteiger partial charge on any atom is 0.276 e. The quantitative estimate of drug-likeness (QED) is 0.456. The molecule has 0 aliphatic carbocycles. The highest BCUT2D eigenvalue weighted by atomic mass is 32.2. The van der Waals surface area contributed by atoms with Gasteiger partial charge in [-0.2, -0.15) is 13.1 Å². The second kappa shape index (κ2) is 9.52. The zero-order valence-corrected chi connectivity index (χ0v) is 19.5. The number of carbonyl (C=O) groups is 1. The van der Waals surface area contributed by atoms with E-state index in [-0.39, 0.29) is 29.4 Å². The van der Waals surface area contributed by atoms with Gasteiger partial charge in [0.05, 0.1) is 17.5 Å². The van der Waals surface area contributed by atoms with Gasteiger partial charge >= 0.3 is 0 Å². The summed E-state index contributed by atoms with van der Waals surface area (Å²) >= 11 is 0. The topological polar surface area (TPSA) is 144 Å². The summed E-state index contributed by atoms with van der Waals surface area (Å²) in [6.45, 7) is 4.67. The third-order valence-electron chi connectivity index (χ3n) is 5.30. The van der Waals surface area contributed by atoms with Gasteiger partial charge in [-0.1, -0.05) is 0 Å². The fraction of sp³-hybridized carbons (Fsp3) is 0.381. The van der Waals surface area contributed by atoms with E-state index >= 15 is 0 Å². The number of hydrogen-bond donors (Lipinski definition) is 3. The fourth-order valence-electron chi connectivity index (χ4n) is 3.86. The van der Waals surface area contributed by atoms with Gasteiger partial charge in [0.25, 0.3) is 22.0 Å². The highest BCUT2D eigenvalue weighted by Crippen LogP contribution is 2.30. The normalized spacial score (nSPS) is 15.1. The van der Waals surface area contributed by atoms with Crippen molar-refractivity contribution in [1.82, 2.24) is 19.1 Å². The molecular formula is C21H26FN7O4S. The van der Waals surface area contributed by atoms with Crippen LogP contribution in [0.2, 0.25) is 0 Å².